The summed E-state index contributed by atoms with van der Waals surface area (Å²) in [6, 6.07) is 1.96. The standard InChI is InChI=1S/C13H21N5/c1-10(9-18-6-4-5-15-18)7-14-8-13-11(2)16-17-12(13)3/h4-6,10,14H,7-9H2,1-3H3,(H,16,17)/t10-/m0/s1. The van der Waals surface area contributed by atoms with Gasteiger partial charge in [-0.05, 0) is 32.4 Å². The van der Waals surface area contributed by atoms with Crippen LogP contribution in [0.2, 0.25) is 0 Å². The van der Waals surface area contributed by atoms with Crippen molar-refractivity contribution < 1.29 is 0 Å². The summed E-state index contributed by atoms with van der Waals surface area (Å²) in [6.07, 6.45) is 3.82. The number of aromatic amines is 1. The number of H-pyrrole nitrogens is 1. The van der Waals surface area contributed by atoms with Crippen LogP contribution in [0.3, 0.4) is 0 Å². The molecule has 5 nitrogen and oxygen atoms in total. The summed E-state index contributed by atoms with van der Waals surface area (Å²) in [7, 11) is 0. The highest BCUT2D eigenvalue weighted by Crippen LogP contribution is 2.08. The van der Waals surface area contributed by atoms with E-state index >= 15 is 0 Å². The zero-order chi connectivity index (χ0) is 13.0. The van der Waals surface area contributed by atoms with Crippen molar-refractivity contribution in [2.75, 3.05) is 6.54 Å². The Bertz CT molecular complexity index is 452. The van der Waals surface area contributed by atoms with E-state index in [1.165, 1.54) is 5.56 Å². The first-order valence-corrected chi connectivity index (χ1v) is 6.35. The van der Waals surface area contributed by atoms with Gasteiger partial charge < -0.3 is 5.32 Å². The van der Waals surface area contributed by atoms with E-state index in [1.807, 2.05) is 30.1 Å². The lowest BCUT2D eigenvalue weighted by Gasteiger charge is -2.12. The maximum absolute atomic E-state index is 4.22. The van der Waals surface area contributed by atoms with Gasteiger partial charge in [-0.25, -0.2) is 0 Å². The molecule has 98 valence electrons. The summed E-state index contributed by atoms with van der Waals surface area (Å²) in [4.78, 5) is 0. The Balaban J connectivity index is 1.75. The van der Waals surface area contributed by atoms with E-state index in [-0.39, 0.29) is 0 Å². The smallest absolute Gasteiger partial charge is 0.0638 e. The third-order valence-corrected chi connectivity index (χ3v) is 3.13. The summed E-state index contributed by atoms with van der Waals surface area (Å²) in [5.74, 6) is 0.553. The Labute approximate surface area is 108 Å². The second-order valence-corrected chi connectivity index (χ2v) is 4.88. The van der Waals surface area contributed by atoms with E-state index < -0.39 is 0 Å². The molecule has 0 amide bonds. The van der Waals surface area contributed by atoms with Crippen molar-refractivity contribution >= 4 is 0 Å². The van der Waals surface area contributed by atoms with Crippen LogP contribution in [-0.4, -0.2) is 26.5 Å². The average Bonchev–Trinajstić information content (AvgIpc) is 2.93. The Morgan fingerprint density at radius 3 is 2.89 bits per heavy atom. The molecule has 0 aliphatic rings. The van der Waals surface area contributed by atoms with Crippen molar-refractivity contribution in [1.82, 2.24) is 25.3 Å². The van der Waals surface area contributed by atoms with Gasteiger partial charge in [0.05, 0.1) is 5.69 Å². The predicted octanol–water partition coefficient (Wildman–Crippen LogP) is 1.65. The summed E-state index contributed by atoms with van der Waals surface area (Å²) in [6.45, 7) is 9.12. The quantitative estimate of drug-likeness (QED) is 0.816. The highest BCUT2D eigenvalue weighted by atomic mass is 15.3. The molecule has 2 N–H and O–H groups in total. The second-order valence-electron chi connectivity index (χ2n) is 4.88. The number of aryl methyl sites for hydroxylation is 2. The van der Waals surface area contributed by atoms with Crippen LogP contribution >= 0.6 is 0 Å². The maximum Gasteiger partial charge on any atom is 0.0638 e. The number of hydrogen-bond donors (Lipinski definition) is 2. The van der Waals surface area contributed by atoms with E-state index in [9.17, 15) is 0 Å². The highest BCUT2D eigenvalue weighted by Gasteiger charge is 2.07. The van der Waals surface area contributed by atoms with Crippen LogP contribution in [0, 0.1) is 19.8 Å². The fourth-order valence-corrected chi connectivity index (χ4v) is 2.07. The van der Waals surface area contributed by atoms with Crippen molar-refractivity contribution in [1.29, 1.82) is 0 Å². The molecule has 0 spiro atoms. The molecule has 2 heterocycles. The summed E-state index contributed by atoms with van der Waals surface area (Å²) in [5, 5.41) is 14.9. The number of aromatic nitrogens is 4. The second kappa shape index (κ2) is 5.82. The highest BCUT2D eigenvalue weighted by molar-refractivity contribution is 5.22. The minimum Gasteiger partial charge on any atom is -0.312 e. The molecule has 1 atom stereocenters. The monoisotopic (exact) mass is 247 g/mol. The van der Waals surface area contributed by atoms with E-state index in [2.05, 4.69) is 34.5 Å². The average molecular weight is 247 g/mol. The van der Waals surface area contributed by atoms with Crippen LogP contribution in [0.25, 0.3) is 0 Å². The van der Waals surface area contributed by atoms with Gasteiger partial charge in [-0.15, -0.1) is 0 Å². The van der Waals surface area contributed by atoms with Crippen LogP contribution in [0.4, 0.5) is 0 Å². The largest absolute Gasteiger partial charge is 0.312 e. The molecule has 2 aromatic heterocycles. The van der Waals surface area contributed by atoms with E-state index in [4.69, 9.17) is 0 Å². The first kappa shape index (κ1) is 12.8. The molecule has 18 heavy (non-hydrogen) atoms. The van der Waals surface area contributed by atoms with Gasteiger partial charge in [0.2, 0.25) is 0 Å². The molecular weight excluding hydrogens is 226 g/mol. The summed E-state index contributed by atoms with van der Waals surface area (Å²) >= 11 is 0. The van der Waals surface area contributed by atoms with Gasteiger partial charge in [-0.1, -0.05) is 6.92 Å². The lowest BCUT2D eigenvalue weighted by molar-refractivity contribution is 0.421. The molecule has 2 rings (SSSR count). The fourth-order valence-electron chi connectivity index (χ4n) is 2.07. The molecule has 2 aromatic rings. The van der Waals surface area contributed by atoms with Crippen LogP contribution < -0.4 is 5.32 Å². The van der Waals surface area contributed by atoms with Crippen molar-refractivity contribution in [2.45, 2.75) is 33.9 Å². The van der Waals surface area contributed by atoms with Crippen LogP contribution in [0.15, 0.2) is 18.5 Å². The van der Waals surface area contributed by atoms with Crippen molar-refractivity contribution in [3.8, 4) is 0 Å². The molecule has 0 aliphatic carbocycles. The summed E-state index contributed by atoms with van der Waals surface area (Å²) < 4.78 is 1.97. The van der Waals surface area contributed by atoms with Crippen molar-refractivity contribution in [2.24, 2.45) is 5.92 Å². The van der Waals surface area contributed by atoms with Gasteiger partial charge in [0, 0.05) is 36.7 Å². The number of rotatable bonds is 6. The number of hydrogen-bond acceptors (Lipinski definition) is 3. The Morgan fingerprint density at radius 2 is 2.28 bits per heavy atom. The first-order chi connectivity index (χ1) is 8.66. The zero-order valence-electron chi connectivity index (χ0n) is 11.3. The molecule has 5 heteroatoms. The topological polar surface area (TPSA) is 58.5 Å². The molecule has 0 bridgehead atoms. The SMILES string of the molecule is Cc1n[nH]c(C)c1CNC[C@H](C)Cn1cccn1. The fraction of sp³-hybridized carbons (Fsp3) is 0.538. The lowest BCUT2D eigenvalue weighted by atomic mass is 10.1. The molecule has 0 unspecified atom stereocenters. The van der Waals surface area contributed by atoms with Gasteiger partial charge in [0.25, 0.3) is 0 Å². The molecule has 0 radical (unpaired) electrons. The molecule has 0 saturated heterocycles. The van der Waals surface area contributed by atoms with Gasteiger partial charge in [0.1, 0.15) is 0 Å². The molecule has 0 fully saturated rings. The van der Waals surface area contributed by atoms with Crippen LogP contribution in [-0.2, 0) is 13.1 Å². The molecule has 0 aromatic carbocycles. The van der Waals surface area contributed by atoms with Gasteiger partial charge in [0.15, 0.2) is 0 Å². The summed E-state index contributed by atoms with van der Waals surface area (Å²) in [5.41, 5.74) is 3.51. The third kappa shape index (κ3) is 3.20. The van der Waals surface area contributed by atoms with Gasteiger partial charge in [-0.3, -0.25) is 9.78 Å². The van der Waals surface area contributed by atoms with Crippen LogP contribution in [0.1, 0.15) is 23.9 Å². The van der Waals surface area contributed by atoms with E-state index in [0.717, 1.165) is 31.0 Å². The van der Waals surface area contributed by atoms with Gasteiger partial charge in [-0.2, -0.15) is 10.2 Å². The molecule has 0 saturated carbocycles. The minimum atomic E-state index is 0.553. The third-order valence-electron chi connectivity index (χ3n) is 3.13. The van der Waals surface area contributed by atoms with Crippen molar-refractivity contribution in [3.05, 3.63) is 35.4 Å². The number of nitrogens with zero attached hydrogens (tertiary/aromatic N) is 3. The minimum absolute atomic E-state index is 0.553. The molecular formula is C13H21N5. The van der Waals surface area contributed by atoms with Gasteiger partial charge >= 0.3 is 0 Å². The normalized spacial score (nSPS) is 12.8. The lowest BCUT2D eigenvalue weighted by Crippen LogP contribution is -2.24. The Morgan fingerprint density at radius 1 is 1.44 bits per heavy atom. The maximum atomic E-state index is 4.22. The van der Waals surface area contributed by atoms with Crippen LogP contribution in [0.5, 0.6) is 0 Å². The Kier molecular flexibility index (Phi) is 4.15. The zero-order valence-corrected chi connectivity index (χ0v) is 11.3. The Hall–Kier alpha value is -1.62. The first-order valence-electron chi connectivity index (χ1n) is 6.35. The van der Waals surface area contributed by atoms with E-state index in [0.29, 0.717) is 5.92 Å². The van der Waals surface area contributed by atoms with Crippen molar-refractivity contribution in [3.63, 3.8) is 0 Å². The van der Waals surface area contributed by atoms with E-state index in [1.54, 1.807) is 0 Å². The predicted molar refractivity (Wildman–Crippen MR) is 71.2 cm³/mol. The number of nitrogens with one attached hydrogen (secondary N) is 2. The molecule has 0 aliphatic heterocycles.